The molecule has 0 radical (unpaired) electrons. The Labute approximate surface area is 296 Å². The number of hydrogen-bond donors (Lipinski definition) is 2. The van der Waals surface area contributed by atoms with Crippen molar-refractivity contribution in [2.75, 3.05) is 56.5 Å². The van der Waals surface area contributed by atoms with Crippen molar-refractivity contribution in [1.82, 2.24) is 29.8 Å². The summed E-state index contributed by atoms with van der Waals surface area (Å²) in [6.07, 6.45) is 2.65. The third-order valence-corrected chi connectivity index (χ3v) is 10.8. The van der Waals surface area contributed by atoms with Gasteiger partial charge in [-0.05, 0) is 71.6 Å². The molecule has 1 unspecified atom stereocenters. The third kappa shape index (κ3) is 6.19. The first-order valence-corrected chi connectivity index (χ1v) is 17.4. The molecule has 5 amide bonds. The molecule has 5 heterocycles. The molecule has 4 aliphatic rings. The monoisotopic (exact) mass is 744 g/mol. The number of carbonyl (C=O) groups excluding carboxylic acids is 5. The highest BCUT2D eigenvalue weighted by Gasteiger charge is 2.46. The zero-order valence-corrected chi connectivity index (χ0v) is 29.3. The SMILES string of the molecule is CN1C[C@@H](Nc2cnn(C)c(=O)c2Br)C[C@@H](c2ccc(C(=O)N3CCN(c4cccc5c4C(=O)N(C4CCC(=O)NC4=O)C5=O)CC3)cc2)C1. The number of nitrogens with one attached hydrogen (secondary N) is 2. The second-order valence-corrected chi connectivity index (χ2v) is 14.1. The minimum Gasteiger partial charge on any atom is -0.379 e. The highest BCUT2D eigenvalue weighted by Crippen LogP contribution is 2.35. The Morgan fingerprint density at radius 2 is 1.68 bits per heavy atom. The molecule has 2 N–H and O–H groups in total. The summed E-state index contributed by atoms with van der Waals surface area (Å²) in [6.45, 7) is 3.46. The fourth-order valence-corrected chi connectivity index (χ4v) is 7.96. The van der Waals surface area contributed by atoms with Gasteiger partial charge in [0, 0.05) is 64.3 Å². The van der Waals surface area contributed by atoms with Gasteiger partial charge in [-0.1, -0.05) is 18.2 Å². The maximum absolute atomic E-state index is 13.6. The second kappa shape index (κ2) is 13.4. The number of nitrogens with zero attached hydrogens (tertiary/aromatic N) is 6. The van der Waals surface area contributed by atoms with Crippen molar-refractivity contribution < 1.29 is 24.0 Å². The van der Waals surface area contributed by atoms with Gasteiger partial charge < -0.3 is 20.0 Å². The van der Waals surface area contributed by atoms with E-state index >= 15 is 0 Å². The summed E-state index contributed by atoms with van der Waals surface area (Å²) >= 11 is 3.40. The lowest BCUT2D eigenvalue weighted by atomic mass is 9.87. The molecule has 3 saturated heterocycles. The Morgan fingerprint density at radius 1 is 0.940 bits per heavy atom. The Kier molecular flexibility index (Phi) is 9.03. The number of imide groups is 2. The molecule has 3 atom stereocenters. The number of piperazine rings is 1. The van der Waals surface area contributed by atoms with Crippen LogP contribution < -0.4 is 21.1 Å². The molecule has 0 spiro atoms. The largest absolute Gasteiger partial charge is 0.379 e. The van der Waals surface area contributed by atoms with Crippen molar-refractivity contribution in [3.63, 3.8) is 0 Å². The number of likely N-dealkylation sites (N-methyl/N-ethyl adjacent to an activating group) is 1. The average Bonchev–Trinajstić information content (AvgIpc) is 3.37. The highest BCUT2D eigenvalue weighted by atomic mass is 79.9. The molecule has 2 aromatic carbocycles. The summed E-state index contributed by atoms with van der Waals surface area (Å²) in [5.74, 6) is -2.00. The first-order valence-electron chi connectivity index (χ1n) is 16.7. The van der Waals surface area contributed by atoms with Crippen LogP contribution in [-0.2, 0) is 16.6 Å². The van der Waals surface area contributed by atoms with Gasteiger partial charge in [-0.2, -0.15) is 5.10 Å². The number of aromatic nitrogens is 2. The number of carbonyl (C=O) groups is 5. The van der Waals surface area contributed by atoms with E-state index in [0.29, 0.717) is 47.6 Å². The topological polar surface area (TPSA) is 157 Å². The lowest BCUT2D eigenvalue weighted by Gasteiger charge is -2.37. The van der Waals surface area contributed by atoms with Gasteiger partial charge in [0.05, 0.1) is 28.7 Å². The molecular weight excluding hydrogens is 708 g/mol. The molecular formula is C35H37BrN8O6. The van der Waals surface area contributed by atoms with Crippen molar-refractivity contribution in [3.8, 4) is 0 Å². The van der Waals surface area contributed by atoms with Crippen LogP contribution in [-0.4, -0.2) is 112 Å². The zero-order valence-electron chi connectivity index (χ0n) is 27.7. The summed E-state index contributed by atoms with van der Waals surface area (Å²) in [6, 6.07) is 11.9. The number of fused-ring (bicyclic) bond motifs is 1. The average molecular weight is 746 g/mol. The molecule has 50 heavy (non-hydrogen) atoms. The molecule has 1 aromatic heterocycles. The van der Waals surface area contributed by atoms with Crippen LogP contribution in [0.15, 0.2) is 57.9 Å². The molecule has 0 saturated carbocycles. The number of piperidine rings is 2. The number of likely N-dealkylation sites (tertiary alicyclic amines) is 1. The Bertz CT molecular complexity index is 1960. The molecule has 4 aliphatic heterocycles. The standard InChI is InChI=1S/C35H37BrN8O6/c1-40-18-22(16-23(19-40)38-25-17-37-41(2)35(50)30(25)36)20-6-8-21(9-7-20)32(47)43-14-12-42(13-15-43)26-5-3-4-24-29(26)34(49)44(33(24)48)27-10-11-28(45)39-31(27)46/h3-9,17,22-23,27,38H,10-16,18-19H2,1-2H3,(H,39,45,46)/t22-,23+,27?/m1/s1. The predicted octanol–water partition coefficient (Wildman–Crippen LogP) is 1.81. The quantitative estimate of drug-likeness (QED) is 0.357. The van der Waals surface area contributed by atoms with E-state index in [-0.39, 0.29) is 47.4 Å². The molecule has 0 bridgehead atoms. The Morgan fingerprint density at radius 3 is 2.40 bits per heavy atom. The number of rotatable bonds is 6. The maximum atomic E-state index is 13.6. The number of amides is 5. The summed E-state index contributed by atoms with van der Waals surface area (Å²) < 4.78 is 1.74. The van der Waals surface area contributed by atoms with Gasteiger partial charge in [-0.3, -0.25) is 39.0 Å². The smallest absolute Gasteiger partial charge is 0.282 e. The molecule has 0 aliphatic carbocycles. The number of benzene rings is 2. The van der Waals surface area contributed by atoms with E-state index in [9.17, 15) is 28.8 Å². The lowest BCUT2D eigenvalue weighted by Crippen LogP contribution is -2.54. The minimum atomic E-state index is -1.03. The van der Waals surface area contributed by atoms with Gasteiger partial charge in [0.25, 0.3) is 23.3 Å². The van der Waals surface area contributed by atoms with E-state index < -0.39 is 29.7 Å². The lowest BCUT2D eigenvalue weighted by molar-refractivity contribution is -0.136. The summed E-state index contributed by atoms with van der Waals surface area (Å²) in [4.78, 5) is 83.9. The van der Waals surface area contributed by atoms with Crippen LogP contribution in [0.1, 0.15) is 61.8 Å². The van der Waals surface area contributed by atoms with E-state index in [0.717, 1.165) is 30.0 Å². The van der Waals surface area contributed by atoms with E-state index in [2.05, 4.69) is 43.6 Å². The normalized spacial score (nSPS) is 22.9. The van der Waals surface area contributed by atoms with Crippen LogP contribution >= 0.6 is 15.9 Å². The first-order chi connectivity index (χ1) is 24.0. The minimum absolute atomic E-state index is 0.0562. The molecule has 15 heteroatoms. The Balaban J connectivity index is 0.985. The highest BCUT2D eigenvalue weighted by molar-refractivity contribution is 9.10. The zero-order chi connectivity index (χ0) is 35.3. The molecule has 14 nitrogen and oxygen atoms in total. The van der Waals surface area contributed by atoms with Crippen molar-refractivity contribution in [3.05, 3.63) is 85.7 Å². The summed E-state index contributed by atoms with van der Waals surface area (Å²) in [5, 5.41) is 9.85. The Hall–Kier alpha value is -4.89. The summed E-state index contributed by atoms with van der Waals surface area (Å²) in [5.41, 5.74) is 3.27. The van der Waals surface area contributed by atoms with E-state index in [1.807, 2.05) is 29.2 Å². The number of halogens is 1. The van der Waals surface area contributed by atoms with Crippen LogP contribution in [0.25, 0.3) is 0 Å². The predicted molar refractivity (Wildman–Crippen MR) is 187 cm³/mol. The van der Waals surface area contributed by atoms with Crippen molar-refractivity contribution in [2.24, 2.45) is 7.05 Å². The van der Waals surface area contributed by atoms with E-state index in [1.165, 1.54) is 4.68 Å². The van der Waals surface area contributed by atoms with Crippen LogP contribution in [0.3, 0.4) is 0 Å². The van der Waals surface area contributed by atoms with Gasteiger partial charge >= 0.3 is 0 Å². The third-order valence-electron chi connectivity index (χ3n) is 10.1. The molecule has 3 fully saturated rings. The molecule has 260 valence electrons. The second-order valence-electron chi connectivity index (χ2n) is 13.3. The summed E-state index contributed by atoms with van der Waals surface area (Å²) in [7, 11) is 3.68. The first kappa shape index (κ1) is 33.6. The van der Waals surface area contributed by atoms with Gasteiger partial charge in [-0.25, -0.2) is 4.68 Å². The van der Waals surface area contributed by atoms with Crippen molar-refractivity contribution in [1.29, 1.82) is 0 Å². The van der Waals surface area contributed by atoms with Gasteiger partial charge in [-0.15, -0.1) is 0 Å². The number of hydrogen-bond acceptors (Lipinski definition) is 10. The van der Waals surface area contributed by atoms with Crippen LogP contribution in [0.4, 0.5) is 11.4 Å². The van der Waals surface area contributed by atoms with Crippen molar-refractivity contribution in [2.45, 2.75) is 37.3 Å². The van der Waals surface area contributed by atoms with Gasteiger partial charge in [0.15, 0.2) is 0 Å². The van der Waals surface area contributed by atoms with Gasteiger partial charge in [0.2, 0.25) is 11.8 Å². The number of anilines is 2. The molecule has 7 rings (SSSR count). The van der Waals surface area contributed by atoms with Crippen molar-refractivity contribution >= 4 is 56.8 Å². The van der Waals surface area contributed by atoms with E-state index in [4.69, 9.17) is 0 Å². The van der Waals surface area contributed by atoms with Gasteiger partial charge in [0.1, 0.15) is 10.5 Å². The van der Waals surface area contributed by atoms with Crippen LogP contribution in [0, 0.1) is 0 Å². The van der Waals surface area contributed by atoms with Crippen LogP contribution in [0.5, 0.6) is 0 Å². The van der Waals surface area contributed by atoms with E-state index in [1.54, 1.807) is 36.3 Å². The van der Waals surface area contributed by atoms with Crippen LogP contribution in [0.2, 0.25) is 0 Å². The molecule has 3 aromatic rings. The number of aryl methyl sites for hydroxylation is 1. The maximum Gasteiger partial charge on any atom is 0.282 e. The fraction of sp³-hybridized carbons (Fsp3) is 0.400. The fourth-order valence-electron chi connectivity index (χ4n) is 7.49.